The van der Waals surface area contributed by atoms with Gasteiger partial charge in [0.05, 0.1) is 13.1 Å². The summed E-state index contributed by atoms with van der Waals surface area (Å²) in [6.07, 6.45) is 31.4. The van der Waals surface area contributed by atoms with Crippen molar-refractivity contribution in [2.45, 2.75) is 155 Å². The van der Waals surface area contributed by atoms with Crippen LogP contribution in [0.1, 0.15) is 143 Å². The molecule has 0 aromatic rings. The number of aliphatic carboxylic acids is 1. The normalized spacial score (nSPS) is 12.4. The van der Waals surface area contributed by atoms with Crippen molar-refractivity contribution in [1.29, 1.82) is 0 Å². The molecule has 0 rings (SSSR count). The van der Waals surface area contributed by atoms with E-state index in [9.17, 15) is 28.8 Å². The molecule has 0 heterocycles. The Morgan fingerprint density at radius 3 is 1.35 bits per heavy atom. The van der Waals surface area contributed by atoms with Crippen molar-refractivity contribution >= 4 is 35.5 Å². The van der Waals surface area contributed by atoms with Crippen molar-refractivity contribution in [1.82, 2.24) is 26.6 Å². The largest absolute Gasteiger partial charge is 0.480 e. The Morgan fingerprint density at radius 2 is 0.898 bits per heavy atom. The van der Waals surface area contributed by atoms with Crippen LogP contribution in [0.2, 0.25) is 0 Å². The van der Waals surface area contributed by atoms with Crippen LogP contribution in [0.25, 0.3) is 0 Å². The molecule has 0 aromatic carbocycles. The fourth-order valence-corrected chi connectivity index (χ4v) is 4.97. The molecule has 12 nitrogen and oxygen atoms in total. The van der Waals surface area contributed by atoms with E-state index >= 15 is 0 Å². The van der Waals surface area contributed by atoms with Gasteiger partial charge in [0, 0.05) is 6.42 Å². The van der Waals surface area contributed by atoms with Gasteiger partial charge in [0.2, 0.25) is 29.5 Å². The van der Waals surface area contributed by atoms with E-state index in [-0.39, 0.29) is 12.5 Å². The summed E-state index contributed by atoms with van der Waals surface area (Å²) in [5.74, 6) is -3.96. The zero-order valence-corrected chi connectivity index (χ0v) is 30.4. The first kappa shape index (κ1) is 45.3. The second-order valence-corrected chi connectivity index (χ2v) is 12.7. The first-order valence-corrected chi connectivity index (χ1v) is 18.5. The van der Waals surface area contributed by atoms with Crippen LogP contribution in [0.5, 0.6) is 0 Å². The van der Waals surface area contributed by atoms with Gasteiger partial charge in [-0.25, -0.2) is 0 Å². The van der Waals surface area contributed by atoms with E-state index < -0.39 is 54.8 Å². The van der Waals surface area contributed by atoms with Crippen LogP contribution in [0.15, 0.2) is 24.3 Å². The van der Waals surface area contributed by atoms with Crippen molar-refractivity contribution in [3.63, 3.8) is 0 Å². The third-order valence-electron chi connectivity index (χ3n) is 7.96. The van der Waals surface area contributed by atoms with Crippen molar-refractivity contribution < 1.29 is 33.9 Å². The highest BCUT2D eigenvalue weighted by molar-refractivity contribution is 5.93. The van der Waals surface area contributed by atoms with Crippen LogP contribution in [-0.4, -0.2) is 72.3 Å². The summed E-state index contributed by atoms with van der Waals surface area (Å²) >= 11 is 0. The molecule has 0 aliphatic carbocycles. The minimum absolute atomic E-state index is 0.225. The van der Waals surface area contributed by atoms with Crippen LogP contribution in [0.3, 0.4) is 0 Å². The van der Waals surface area contributed by atoms with Crippen LogP contribution >= 0.6 is 0 Å². The predicted octanol–water partition coefficient (Wildman–Crippen LogP) is 4.97. The average Bonchev–Trinajstić information content (AvgIpc) is 3.07. The number of amides is 5. The van der Waals surface area contributed by atoms with Crippen LogP contribution in [0, 0.1) is 0 Å². The highest BCUT2D eigenvalue weighted by Crippen LogP contribution is 2.12. The molecule has 49 heavy (non-hydrogen) atoms. The van der Waals surface area contributed by atoms with Gasteiger partial charge in [-0.3, -0.25) is 28.8 Å². The third kappa shape index (κ3) is 30.1. The molecule has 0 aliphatic heterocycles. The first-order valence-electron chi connectivity index (χ1n) is 18.5. The monoisotopic (exact) mass is 691 g/mol. The lowest BCUT2D eigenvalue weighted by Gasteiger charge is -2.16. The number of carbonyl (C=O) groups excluding carboxylic acids is 5. The molecular weight excluding hydrogens is 626 g/mol. The molecule has 0 bridgehead atoms. The summed E-state index contributed by atoms with van der Waals surface area (Å²) in [5, 5.41) is 20.4. The Morgan fingerprint density at radius 1 is 0.510 bits per heavy atom. The Kier molecular flexibility index (Phi) is 29.2. The number of nitrogens with one attached hydrogen (secondary N) is 5. The van der Waals surface area contributed by atoms with Gasteiger partial charge >= 0.3 is 5.97 Å². The van der Waals surface area contributed by atoms with E-state index in [1.807, 2.05) is 0 Å². The lowest BCUT2D eigenvalue weighted by molar-refractivity contribution is -0.138. The number of carboxylic acids is 1. The number of hydrogen-bond donors (Lipinski definition) is 6. The summed E-state index contributed by atoms with van der Waals surface area (Å²) in [5.41, 5.74) is 0. The van der Waals surface area contributed by atoms with Gasteiger partial charge in [-0.05, 0) is 46.0 Å². The molecule has 5 amide bonds. The molecule has 0 radical (unpaired) electrons. The number of allylic oxidation sites excluding steroid dienone is 4. The Labute approximate surface area is 294 Å². The zero-order chi connectivity index (χ0) is 36.5. The topological polar surface area (TPSA) is 183 Å². The summed E-state index contributed by atoms with van der Waals surface area (Å²) in [6, 6.07) is -1.96. The van der Waals surface area contributed by atoms with E-state index in [4.69, 9.17) is 5.11 Å². The number of hydrogen-bond acceptors (Lipinski definition) is 6. The van der Waals surface area contributed by atoms with Gasteiger partial charge in [0.25, 0.3) is 0 Å². The van der Waals surface area contributed by atoms with E-state index in [2.05, 4.69) is 57.8 Å². The first-order chi connectivity index (χ1) is 23.6. The molecule has 0 aliphatic rings. The van der Waals surface area contributed by atoms with Gasteiger partial charge in [-0.1, -0.05) is 115 Å². The van der Waals surface area contributed by atoms with Crippen LogP contribution in [-0.2, 0) is 28.8 Å². The Balaban J connectivity index is 3.73. The number of carbonyl (C=O) groups is 6. The van der Waals surface area contributed by atoms with Gasteiger partial charge in [-0.15, -0.1) is 0 Å². The molecule has 0 saturated heterocycles. The predicted molar refractivity (Wildman–Crippen MR) is 194 cm³/mol. The standard InChI is InChI=1S/C37H65N5O7/c1-4-5-6-7-8-9-10-11-12-13-14-15-16-17-18-19-20-21-22-23-24-25-26-32(43)38-27-33(44)41-30(2)36(48)39-28-34(45)42-31(3)37(49)40-29-35(46)47/h15-18,30-31H,4-14,19-29H2,1-3H3,(H,38,43)(H,39,48)(H,40,49)(H,41,44)(H,42,45)(H,46,47)/b16-15+,18-17+/t30-,31-/m0/s1. The molecule has 0 spiro atoms. The van der Waals surface area contributed by atoms with Crippen molar-refractivity contribution in [3.8, 4) is 0 Å². The molecule has 0 saturated carbocycles. The van der Waals surface area contributed by atoms with Crippen molar-refractivity contribution in [2.75, 3.05) is 19.6 Å². The highest BCUT2D eigenvalue weighted by atomic mass is 16.4. The molecule has 6 N–H and O–H groups in total. The van der Waals surface area contributed by atoms with E-state index in [0.29, 0.717) is 6.42 Å². The molecule has 0 fully saturated rings. The summed E-state index contributed by atoms with van der Waals surface area (Å²) < 4.78 is 0. The fourth-order valence-electron chi connectivity index (χ4n) is 4.97. The molecule has 2 atom stereocenters. The van der Waals surface area contributed by atoms with Crippen molar-refractivity contribution in [3.05, 3.63) is 24.3 Å². The van der Waals surface area contributed by atoms with Gasteiger partial charge in [0.1, 0.15) is 18.6 Å². The zero-order valence-electron chi connectivity index (χ0n) is 30.4. The molecule has 12 heteroatoms. The molecule has 280 valence electrons. The van der Waals surface area contributed by atoms with Crippen LogP contribution < -0.4 is 26.6 Å². The smallest absolute Gasteiger partial charge is 0.322 e. The average molecular weight is 692 g/mol. The molecule has 0 unspecified atom stereocenters. The summed E-state index contributed by atoms with van der Waals surface area (Å²) in [7, 11) is 0. The number of rotatable bonds is 31. The van der Waals surface area contributed by atoms with Gasteiger partial charge in [0.15, 0.2) is 0 Å². The Bertz CT molecular complexity index is 1020. The highest BCUT2D eigenvalue weighted by Gasteiger charge is 2.19. The quantitative estimate of drug-likeness (QED) is 0.0438. The summed E-state index contributed by atoms with van der Waals surface area (Å²) in [4.78, 5) is 70.6. The van der Waals surface area contributed by atoms with Crippen molar-refractivity contribution in [2.24, 2.45) is 0 Å². The van der Waals surface area contributed by atoms with Gasteiger partial charge < -0.3 is 31.7 Å². The van der Waals surface area contributed by atoms with E-state index in [1.54, 1.807) is 0 Å². The molecule has 0 aromatic heterocycles. The second-order valence-electron chi connectivity index (χ2n) is 12.7. The maximum atomic E-state index is 12.2. The maximum absolute atomic E-state index is 12.2. The van der Waals surface area contributed by atoms with E-state index in [1.165, 1.54) is 90.9 Å². The molecular formula is C37H65N5O7. The van der Waals surface area contributed by atoms with Crippen LogP contribution in [0.4, 0.5) is 0 Å². The number of unbranched alkanes of at least 4 members (excludes halogenated alkanes) is 16. The summed E-state index contributed by atoms with van der Waals surface area (Å²) in [6.45, 7) is 3.78. The SMILES string of the molecule is CCCCCCCCCCCC/C=C/C=C/CCCCCCCCC(=O)NCC(=O)N[C@@H](C)C(=O)NCC(=O)N[C@@H](C)C(=O)NCC(=O)O. The minimum atomic E-state index is -1.22. The van der Waals surface area contributed by atoms with E-state index in [0.717, 1.165) is 38.5 Å². The second kappa shape index (κ2) is 31.6. The minimum Gasteiger partial charge on any atom is -0.480 e. The lowest BCUT2D eigenvalue weighted by atomic mass is 10.1. The van der Waals surface area contributed by atoms with Gasteiger partial charge in [-0.2, -0.15) is 0 Å². The maximum Gasteiger partial charge on any atom is 0.322 e. The third-order valence-corrected chi connectivity index (χ3v) is 7.96. The Hall–Kier alpha value is -3.70. The number of carboxylic acid groups (broad SMARTS) is 1. The lowest BCUT2D eigenvalue weighted by Crippen LogP contribution is -2.51. The fraction of sp³-hybridized carbons (Fsp3) is 0.730.